The van der Waals surface area contributed by atoms with Crippen LogP contribution in [0.15, 0.2) is 0 Å². The zero-order chi connectivity index (χ0) is 14.9. The normalized spacial score (nSPS) is 14.7. The third-order valence-corrected chi connectivity index (χ3v) is 32.9. The lowest BCUT2D eigenvalue weighted by atomic mass is 10.5. The zero-order valence-electron chi connectivity index (χ0n) is 14.9. The Hall–Kier alpha value is 0.434. The quantitative estimate of drug-likeness (QED) is 0.480. The van der Waals surface area contributed by atoms with Gasteiger partial charge in [-0.2, -0.15) is 0 Å². The van der Waals surface area contributed by atoms with Gasteiger partial charge in [0.05, 0.1) is 15.2 Å². The third kappa shape index (κ3) is 2.52. The van der Waals surface area contributed by atoms with Crippen LogP contribution in [0.1, 0.15) is 69.2 Å². The van der Waals surface area contributed by atoms with Crippen LogP contribution in [0.5, 0.6) is 0 Å². The summed E-state index contributed by atoms with van der Waals surface area (Å²) in [6.07, 6.45) is 0. The largest absolute Gasteiger partial charge is 0.0707 e. The van der Waals surface area contributed by atoms with Crippen molar-refractivity contribution >= 4 is 15.2 Å². The van der Waals surface area contributed by atoms with Gasteiger partial charge in [0.15, 0.2) is 0 Å². The van der Waals surface area contributed by atoms with Gasteiger partial charge in [-0.25, -0.2) is 0 Å². The first-order valence-corrected chi connectivity index (χ1v) is 13.9. The molecule has 0 aliphatic carbocycles. The van der Waals surface area contributed by atoms with E-state index in [4.69, 9.17) is 0 Å². The van der Waals surface area contributed by atoms with Crippen molar-refractivity contribution in [3.63, 3.8) is 0 Å². The molecule has 0 nitrogen and oxygen atoms in total. The molecule has 0 N–H and O–H groups in total. The highest BCUT2D eigenvalue weighted by molar-refractivity contribution is 7.44. The van der Waals surface area contributed by atoms with Crippen molar-refractivity contribution in [3.8, 4) is 0 Å². The summed E-state index contributed by atoms with van der Waals surface area (Å²) < 4.78 is 0. The maximum absolute atomic E-state index is 2.74. The Kier molecular flexibility index (Phi) is 6.41. The summed E-state index contributed by atoms with van der Waals surface area (Å²) in [5, 5.41) is 0. The first-order valence-electron chi connectivity index (χ1n) is 7.97. The van der Waals surface area contributed by atoms with Crippen molar-refractivity contribution in [2.24, 2.45) is 0 Å². The summed E-state index contributed by atoms with van der Waals surface area (Å²) in [7, 11) is -2.50. The molecule has 0 aliphatic rings. The SMILES string of the molecule is CC(C)[Si](C)(C(C)C)[Si](C(C)C)(C(C)C)C(C)C. The van der Waals surface area contributed by atoms with Crippen molar-refractivity contribution in [3.05, 3.63) is 0 Å². The average Bonchev–Trinajstić information content (AvgIpc) is 2.15. The Morgan fingerprint density at radius 1 is 0.444 bits per heavy atom. The van der Waals surface area contributed by atoms with E-state index in [1.165, 1.54) is 0 Å². The van der Waals surface area contributed by atoms with E-state index in [2.05, 4.69) is 75.8 Å². The molecule has 0 aliphatic heterocycles. The predicted octanol–water partition coefficient (Wildman–Crippen LogP) is 6.64. The van der Waals surface area contributed by atoms with E-state index >= 15 is 0 Å². The Labute approximate surface area is 119 Å². The molecule has 0 aromatic heterocycles. The van der Waals surface area contributed by atoms with E-state index in [9.17, 15) is 0 Å². The fourth-order valence-electron chi connectivity index (χ4n) is 5.53. The zero-order valence-corrected chi connectivity index (χ0v) is 16.9. The molecule has 0 fully saturated rings. The van der Waals surface area contributed by atoms with E-state index in [-0.39, 0.29) is 0 Å². The van der Waals surface area contributed by atoms with Crippen molar-refractivity contribution in [1.29, 1.82) is 0 Å². The topological polar surface area (TPSA) is 0 Å². The Morgan fingerprint density at radius 2 is 0.667 bits per heavy atom. The Morgan fingerprint density at radius 3 is 0.722 bits per heavy atom. The lowest BCUT2D eigenvalue weighted by molar-refractivity contribution is 0.813. The highest BCUT2D eigenvalue weighted by Crippen LogP contribution is 2.54. The molecule has 18 heavy (non-hydrogen) atoms. The van der Waals surface area contributed by atoms with Gasteiger partial charge in [-0.3, -0.25) is 0 Å². The van der Waals surface area contributed by atoms with Crippen molar-refractivity contribution in [1.82, 2.24) is 0 Å². The van der Waals surface area contributed by atoms with Gasteiger partial charge in [0.1, 0.15) is 0 Å². The number of hydrogen-bond acceptors (Lipinski definition) is 0. The molecule has 0 aromatic carbocycles. The smallest absolute Gasteiger partial charge is 0.0556 e. The maximum atomic E-state index is 2.74. The van der Waals surface area contributed by atoms with Gasteiger partial charge in [0, 0.05) is 0 Å². The van der Waals surface area contributed by atoms with Crippen LogP contribution >= 0.6 is 0 Å². The average molecular weight is 287 g/mol. The summed E-state index contributed by atoms with van der Waals surface area (Å²) in [4.78, 5) is 0. The molecule has 0 saturated carbocycles. The third-order valence-electron chi connectivity index (χ3n) is 6.20. The maximum Gasteiger partial charge on any atom is 0.0556 e. The Balaban J connectivity index is 6.12. The molecule has 0 heterocycles. The van der Waals surface area contributed by atoms with Crippen LogP contribution in [0.25, 0.3) is 0 Å². The fourth-order valence-corrected chi connectivity index (χ4v) is 33.8. The van der Waals surface area contributed by atoms with E-state index in [0.29, 0.717) is 0 Å². The molecular weight excluding hydrogens is 248 g/mol. The molecule has 0 amide bonds. The molecular formula is C16H38Si2. The molecule has 0 bridgehead atoms. The minimum Gasteiger partial charge on any atom is -0.0707 e. The summed E-state index contributed by atoms with van der Waals surface area (Å²) in [6.45, 7) is 28.0. The van der Waals surface area contributed by atoms with Gasteiger partial charge in [-0.05, 0) is 0 Å². The summed E-state index contributed by atoms with van der Waals surface area (Å²) in [5.41, 5.74) is 4.57. The molecule has 110 valence electrons. The first kappa shape index (κ1) is 18.4. The van der Waals surface area contributed by atoms with Gasteiger partial charge in [0.2, 0.25) is 0 Å². The first-order chi connectivity index (χ1) is 7.97. The van der Waals surface area contributed by atoms with Crippen LogP contribution in [-0.4, -0.2) is 15.2 Å². The fraction of sp³-hybridized carbons (Fsp3) is 1.00. The van der Waals surface area contributed by atoms with Crippen LogP contribution in [0.3, 0.4) is 0 Å². The molecule has 0 spiro atoms. The van der Waals surface area contributed by atoms with E-state index in [1.54, 1.807) is 0 Å². The number of hydrogen-bond donors (Lipinski definition) is 0. The van der Waals surface area contributed by atoms with Gasteiger partial charge >= 0.3 is 0 Å². The highest BCUT2D eigenvalue weighted by atomic mass is 29.3. The van der Waals surface area contributed by atoms with Crippen LogP contribution in [0.2, 0.25) is 34.3 Å². The number of rotatable bonds is 6. The lowest BCUT2D eigenvalue weighted by Gasteiger charge is -2.58. The second kappa shape index (κ2) is 6.26. The molecule has 0 unspecified atom stereocenters. The van der Waals surface area contributed by atoms with Gasteiger partial charge in [0.25, 0.3) is 0 Å². The lowest BCUT2D eigenvalue weighted by Crippen LogP contribution is -2.69. The monoisotopic (exact) mass is 286 g/mol. The Bertz CT molecular complexity index is 222. The minimum absolute atomic E-state index is 0.913. The van der Waals surface area contributed by atoms with Crippen LogP contribution < -0.4 is 0 Å². The standard InChI is InChI=1S/C16H38Si2/c1-12(2)17(11,13(3)4)18(14(5)6,15(7)8)16(9)10/h12-16H,1-11H3. The van der Waals surface area contributed by atoms with Crippen LogP contribution in [-0.2, 0) is 0 Å². The minimum atomic E-state index is -1.27. The summed E-state index contributed by atoms with van der Waals surface area (Å²) in [6, 6.07) is 0. The molecule has 0 rings (SSSR count). The molecule has 0 aromatic rings. The van der Waals surface area contributed by atoms with Crippen molar-refractivity contribution in [2.45, 2.75) is 103 Å². The second-order valence-electron chi connectivity index (χ2n) is 7.99. The summed E-state index contributed by atoms with van der Waals surface area (Å²) >= 11 is 0. The van der Waals surface area contributed by atoms with E-state index < -0.39 is 15.2 Å². The second-order valence-corrected chi connectivity index (χ2v) is 24.0. The van der Waals surface area contributed by atoms with Gasteiger partial charge in [-0.1, -0.05) is 103 Å². The van der Waals surface area contributed by atoms with Crippen molar-refractivity contribution < 1.29 is 0 Å². The molecule has 0 atom stereocenters. The van der Waals surface area contributed by atoms with E-state index in [1.807, 2.05) is 0 Å². The van der Waals surface area contributed by atoms with Gasteiger partial charge in [-0.15, -0.1) is 0 Å². The molecule has 0 saturated heterocycles. The predicted molar refractivity (Wildman–Crippen MR) is 92.9 cm³/mol. The summed E-state index contributed by atoms with van der Waals surface area (Å²) in [5.74, 6) is 0. The van der Waals surface area contributed by atoms with Gasteiger partial charge < -0.3 is 0 Å². The molecule has 2 heteroatoms. The van der Waals surface area contributed by atoms with E-state index in [0.717, 1.165) is 27.7 Å². The molecule has 0 radical (unpaired) electrons. The van der Waals surface area contributed by atoms with Crippen LogP contribution in [0, 0.1) is 0 Å². The van der Waals surface area contributed by atoms with Crippen molar-refractivity contribution in [2.75, 3.05) is 0 Å². The highest BCUT2D eigenvalue weighted by Gasteiger charge is 2.59. The van der Waals surface area contributed by atoms with Crippen LogP contribution in [0.4, 0.5) is 0 Å².